The lowest BCUT2D eigenvalue weighted by atomic mass is 9.90. The minimum Gasteiger partial charge on any atom is -0.490 e. The van der Waals surface area contributed by atoms with Crippen molar-refractivity contribution in [1.29, 1.82) is 0 Å². The molecule has 1 unspecified atom stereocenters. The number of alkyl halides is 2. The van der Waals surface area contributed by atoms with Crippen LogP contribution in [0.4, 0.5) is 8.78 Å². The van der Waals surface area contributed by atoms with Gasteiger partial charge in [-0.3, -0.25) is 0 Å². The summed E-state index contributed by atoms with van der Waals surface area (Å²) in [6, 6.07) is 3.11. The van der Waals surface area contributed by atoms with Crippen molar-refractivity contribution in [3.8, 4) is 11.5 Å². The Morgan fingerprint density at radius 3 is 2.40 bits per heavy atom. The molecule has 1 heterocycles. The van der Waals surface area contributed by atoms with Gasteiger partial charge in [0.05, 0.1) is 13.2 Å². The zero-order valence-electron chi connectivity index (χ0n) is 11.9. The second kappa shape index (κ2) is 5.95. The molecule has 2 rings (SSSR count). The van der Waals surface area contributed by atoms with Crippen LogP contribution in [-0.4, -0.2) is 19.8 Å². The molecule has 0 amide bonds. The molecule has 1 aliphatic rings. The number of hydrogen-bond acceptors (Lipinski definition) is 3. The van der Waals surface area contributed by atoms with Crippen LogP contribution in [0.2, 0.25) is 0 Å². The Bertz CT molecular complexity index is 472. The molecule has 1 aliphatic heterocycles. The maximum absolute atomic E-state index is 13.9. The fourth-order valence-electron chi connectivity index (χ4n) is 2.42. The van der Waals surface area contributed by atoms with E-state index in [0.717, 1.165) is 13.3 Å². The summed E-state index contributed by atoms with van der Waals surface area (Å²) >= 11 is 0. The molecular weight excluding hydrogens is 264 g/mol. The van der Waals surface area contributed by atoms with Crippen LogP contribution in [0.15, 0.2) is 12.1 Å². The topological polar surface area (TPSA) is 44.5 Å². The third-order valence-electron chi connectivity index (χ3n) is 3.52. The van der Waals surface area contributed by atoms with Crippen molar-refractivity contribution in [2.24, 2.45) is 5.73 Å². The van der Waals surface area contributed by atoms with Gasteiger partial charge in [-0.1, -0.05) is 6.92 Å². The van der Waals surface area contributed by atoms with Gasteiger partial charge in [0, 0.05) is 18.9 Å². The monoisotopic (exact) mass is 285 g/mol. The smallest absolute Gasteiger partial charge is 0.270 e. The summed E-state index contributed by atoms with van der Waals surface area (Å²) < 4.78 is 38.8. The van der Waals surface area contributed by atoms with Gasteiger partial charge >= 0.3 is 0 Å². The number of hydrogen-bond donors (Lipinski definition) is 1. The summed E-state index contributed by atoms with van der Waals surface area (Å²) in [6.45, 7) is 4.30. The largest absolute Gasteiger partial charge is 0.490 e. The first kappa shape index (κ1) is 15.0. The van der Waals surface area contributed by atoms with E-state index in [1.807, 2.05) is 6.92 Å². The molecule has 0 fully saturated rings. The molecule has 2 N–H and O–H groups in total. The molecule has 0 bridgehead atoms. The van der Waals surface area contributed by atoms with Gasteiger partial charge in [0.1, 0.15) is 0 Å². The van der Waals surface area contributed by atoms with Crippen LogP contribution in [0.3, 0.4) is 0 Å². The highest BCUT2D eigenvalue weighted by Crippen LogP contribution is 2.42. The Balaban J connectivity index is 2.49. The molecule has 0 spiro atoms. The van der Waals surface area contributed by atoms with E-state index in [1.54, 1.807) is 6.07 Å². The molecule has 1 aromatic carbocycles. The summed E-state index contributed by atoms with van der Waals surface area (Å²) in [5.74, 6) is -2.00. The van der Waals surface area contributed by atoms with Gasteiger partial charge in [0.15, 0.2) is 11.5 Å². The van der Waals surface area contributed by atoms with Crippen molar-refractivity contribution in [2.45, 2.75) is 38.5 Å². The summed E-state index contributed by atoms with van der Waals surface area (Å²) in [4.78, 5) is 0. The van der Waals surface area contributed by atoms with Crippen molar-refractivity contribution in [2.75, 3.05) is 19.8 Å². The van der Waals surface area contributed by atoms with E-state index in [4.69, 9.17) is 15.2 Å². The first-order valence-electron chi connectivity index (χ1n) is 6.95. The van der Waals surface area contributed by atoms with E-state index >= 15 is 0 Å². The van der Waals surface area contributed by atoms with Crippen LogP contribution in [0.5, 0.6) is 11.5 Å². The Morgan fingerprint density at radius 1 is 1.25 bits per heavy atom. The van der Waals surface area contributed by atoms with Crippen LogP contribution in [-0.2, 0) is 5.92 Å². The maximum atomic E-state index is 13.9. The van der Waals surface area contributed by atoms with Crippen molar-refractivity contribution in [1.82, 2.24) is 0 Å². The Kier molecular flexibility index (Phi) is 4.48. The lowest BCUT2D eigenvalue weighted by molar-refractivity contribution is 0.0159. The fourth-order valence-corrected chi connectivity index (χ4v) is 2.42. The molecule has 0 aromatic heterocycles. The predicted octanol–water partition coefficient (Wildman–Crippen LogP) is 3.41. The van der Waals surface area contributed by atoms with Gasteiger partial charge < -0.3 is 15.2 Å². The minimum absolute atomic E-state index is 0.00250. The molecule has 0 aliphatic carbocycles. The molecule has 0 saturated carbocycles. The molecule has 0 radical (unpaired) electrons. The number of rotatable bonds is 4. The van der Waals surface area contributed by atoms with Crippen molar-refractivity contribution in [3.05, 3.63) is 23.3 Å². The third kappa shape index (κ3) is 3.20. The van der Waals surface area contributed by atoms with E-state index in [1.165, 1.54) is 6.07 Å². The zero-order valence-corrected chi connectivity index (χ0v) is 11.9. The molecule has 112 valence electrons. The molecule has 1 atom stereocenters. The fraction of sp³-hybridized carbons (Fsp3) is 0.600. The number of ether oxygens (including phenoxy) is 2. The Morgan fingerprint density at radius 2 is 1.85 bits per heavy atom. The summed E-state index contributed by atoms with van der Waals surface area (Å²) in [5, 5.41) is 0. The van der Waals surface area contributed by atoms with Crippen molar-refractivity contribution >= 4 is 0 Å². The van der Waals surface area contributed by atoms with Crippen molar-refractivity contribution in [3.63, 3.8) is 0 Å². The highest BCUT2D eigenvalue weighted by molar-refractivity contribution is 5.50. The molecule has 20 heavy (non-hydrogen) atoms. The SMILES string of the molecule is CC(CCN)c1cc2c(cc1C(C)(F)F)OCCCO2. The van der Waals surface area contributed by atoms with Crippen molar-refractivity contribution < 1.29 is 18.3 Å². The van der Waals surface area contributed by atoms with Gasteiger partial charge in [0.25, 0.3) is 5.92 Å². The number of halogens is 2. The van der Waals surface area contributed by atoms with E-state index in [9.17, 15) is 8.78 Å². The summed E-state index contributed by atoms with van der Waals surface area (Å²) in [7, 11) is 0. The standard InChI is InChI=1S/C15H21F2NO2/c1-10(4-5-18)11-8-13-14(20-7-3-6-19-13)9-12(11)15(2,16)17/h8-10H,3-7,18H2,1-2H3. The first-order chi connectivity index (χ1) is 9.43. The zero-order chi connectivity index (χ0) is 14.8. The highest BCUT2D eigenvalue weighted by Gasteiger charge is 2.31. The minimum atomic E-state index is -2.91. The van der Waals surface area contributed by atoms with Crippen LogP contribution in [0.1, 0.15) is 43.7 Å². The molecule has 3 nitrogen and oxygen atoms in total. The Hall–Kier alpha value is -1.36. The van der Waals surface area contributed by atoms with E-state index in [0.29, 0.717) is 43.2 Å². The predicted molar refractivity (Wildman–Crippen MR) is 73.7 cm³/mol. The average Bonchev–Trinajstić information content (AvgIpc) is 2.60. The maximum Gasteiger partial charge on any atom is 0.270 e. The van der Waals surface area contributed by atoms with Crippen LogP contribution in [0.25, 0.3) is 0 Å². The first-order valence-corrected chi connectivity index (χ1v) is 6.95. The average molecular weight is 285 g/mol. The highest BCUT2D eigenvalue weighted by atomic mass is 19.3. The summed E-state index contributed by atoms with van der Waals surface area (Å²) in [6.07, 6.45) is 1.41. The second-order valence-corrected chi connectivity index (χ2v) is 5.30. The Labute approximate surface area is 118 Å². The van der Waals surface area contributed by atoms with Gasteiger partial charge in [-0.25, -0.2) is 8.78 Å². The lowest BCUT2D eigenvalue weighted by Crippen LogP contribution is -2.15. The molecule has 1 aromatic rings. The number of benzene rings is 1. The quantitative estimate of drug-likeness (QED) is 0.922. The second-order valence-electron chi connectivity index (χ2n) is 5.30. The van der Waals surface area contributed by atoms with E-state index in [2.05, 4.69) is 0 Å². The van der Waals surface area contributed by atoms with E-state index < -0.39 is 5.92 Å². The van der Waals surface area contributed by atoms with Gasteiger partial charge in [-0.2, -0.15) is 0 Å². The normalized spacial score (nSPS) is 16.6. The van der Waals surface area contributed by atoms with E-state index in [-0.39, 0.29) is 11.5 Å². The van der Waals surface area contributed by atoms with Gasteiger partial charge in [-0.05, 0) is 36.6 Å². The molecular formula is C15H21F2NO2. The van der Waals surface area contributed by atoms with Crippen LogP contribution < -0.4 is 15.2 Å². The van der Waals surface area contributed by atoms with Crippen LogP contribution in [0, 0.1) is 0 Å². The number of nitrogens with two attached hydrogens (primary N) is 1. The third-order valence-corrected chi connectivity index (χ3v) is 3.52. The van der Waals surface area contributed by atoms with Gasteiger partial charge in [0.2, 0.25) is 0 Å². The summed E-state index contributed by atoms with van der Waals surface area (Å²) in [5.41, 5.74) is 6.14. The number of fused-ring (bicyclic) bond motifs is 1. The van der Waals surface area contributed by atoms with Gasteiger partial charge in [-0.15, -0.1) is 0 Å². The lowest BCUT2D eigenvalue weighted by Gasteiger charge is -2.22. The molecule has 5 heteroatoms. The van der Waals surface area contributed by atoms with Crippen LogP contribution >= 0.6 is 0 Å². The molecule has 0 saturated heterocycles.